The molecule has 6 heteroatoms. The van der Waals surface area contributed by atoms with E-state index in [1.54, 1.807) is 0 Å². The molecule has 6 nitrogen and oxygen atoms in total. The van der Waals surface area contributed by atoms with Crippen LogP contribution in [-0.2, 0) is 4.79 Å². The highest BCUT2D eigenvalue weighted by atomic mass is 16.1. The van der Waals surface area contributed by atoms with E-state index in [4.69, 9.17) is 0 Å². The molecule has 2 rings (SSSR count). The Morgan fingerprint density at radius 2 is 2.00 bits per heavy atom. The summed E-state index contributed by atoms with van der Waals surface area (Å²) in [7, 11) is 0. The molecule has 21 heavy (non-hydrogen) atoms. The molecule has 2 N–H and O–H groups in total. The highest BCUT2D eigenvalue weighted by Gasteiger charge is 2.15. The van der Waals surface area contributed by atoms with Crippen LogP contribution in [-0.4, -0.2) is 42.1 Å². The first kappa shape index (κ1) is 15.5. The molecule has 0 unspecified atom stereocenters. The van der Waals surface area contributed by atoms with Gasteiger partial charge in [-0.2, -0.15) is 4.98 Å². The maximum absolute atomic E-state index is 11.5. The molecule has 0 spiro atoms. The number of aryl methyl sites for hydroxylation is 1. The van der Waals surface area contributed by atoms with Crippen molar-refractivity contribution in [1.82, 2.24) is 15.3 Å². The van der Waals surface area contributed by atoms with Gasteiger partial charge in [-0.05, 0) is 19.8 Å². The van der Waals surface area contributed by atoms with E-state index in [1.165, 1.54) is 12.8 Å². The van der Waals surface area contributed by atoms with Gasteiger partial charge < -0.3 is 15.5 Å². The second kappa shape index (κ2) is 7.24. The Hall–Kier alpha value is -1.85. The van der Waals surface area contributed by atoms with E-state index in [9.17, 15) is 4.79 Å². The lowest BCUT2D eigenvalue weighted by molar-refractivity contribution is -0.123. The second-order valence-electron chi connectivity index (χ2n) is 5.76. The molecule has 1 saturated heterocycles. The van der Waals surface area contributed by atoms with Crippen LogP contribution < -0.4 is 15.5 Å². The first-order chi connectivity index (χ1) is 10.1. The molecule has 2 heterocycles. The number of nitrogens with one attached hydrogen (secondary N) is 2. The van der Waals surface area contributed by atoms with Crippen LogP contribution in [0.3, 0.4) is 0 Å². The van der Waals surface area contributed by atoms with Crippen LogP contribution in [0, 0.1) is 12.8 Å². The minimum atomic E-state index is 0.0157. The smallest absolute Gasteiger partial charge is 0.224 e. The topological polar surface area (TPSA) is 70.2 Å². The lowest BCUT2D eigenvalue weighted by Gasteiger charge is -2.17. The maximum atomic E-state index is 11.5. The van der Waals surface area contributed by atoms with Gasteiger partial charge in [0.2, 0.25) is 11.9 Å². The predicted molar refractivity (Wildman–Crippen MR) is 84.6 cm³/mol. The van der Waals surface area contributed by atoms with Gasteiger partial charge in [0.05, 0.1) is 0 Å². The van der Waals surface area contributed by atoms with Gasteiger partial charge in [0, 0.05) is 43.9 Å². The van der Waals surface area contributed by atoms with Gasteiger partial charge in [-0.1, -0.05) is 13.8 Å². The van der Waals surface area contributed by atoms with Crippen LogP contribution in [0.15, 0.2) is 6.07 Å². The molecule has 0 radical (unpaired) electrons. The fourth-order valence-electron chi connectivity index (χ4n) is 2.30. The minimum absolute atomic E-state index is 0.0157. The number of anilines is 2. The van der Waals surface area contributed by atoms with Crippen molar-refractivity contribution >= 4 is 17.7 Å². The Kier molecular flexibility index (Phi) is 5.36. The van der Waals surface area contributed by atoms with Crippen molar-refractivity contribution < 1.29 is 4.79 Å². The Balaban J connectivity index is 1.86. The zero-order valence-corrected chi connectivity index (χ0v) is 13.1. The van der Waals surface area contributed by atoms with Gasteiger partial charge in [-0.3, -0.25) is 4.79 Å². The molecular weight excluding hydrogens is 266 g/mol. The summed E-state index contributed by atoms with van der Waals surface area (Å²) < 4.78 is 0. The van der Waals surface area contributed by atoms with Crippen molar-refractivity contribution in [3.63, 3.8) is 0 Å². The summed E-state index contributed by atoms with van der Waals surface area (Å²) in [5.74, 6) is 1.71. The van der Waals surface area contributed by atoms with Gasteiger partial charge in [0.15, 0.2) is 0 Å². The van der Waals surface area contributed by atoms with Crippen molar-refractivity contribution in [2.24, 2.45) is 5.92 Å². The zero-order chi connectivity index (χ0) is 15.2. The van der Waals surface area contributed by atoms with E-state index in [0.29, 0.717) is 19.0 Å². The normalized spacial score (nSPS) is 14.6. The quantitative estimate of drug-likeness (QED) is 0.779. The lowest BCUT2D eigenvalue weighted by Crippen LogP contribution is -2.32. The van der Waals surface area contributed by atoms with Gasteiger partial charge in [-0.25, -0.2) is 4.98 Å². The fourth-order valence-corrected chi connectivity index (χ4v) is 2.30. The Labute approximate surface area is 126 Å². The van der Waals surface area contributed by atoms with Crippen LogP contribution >= 0.6 is 0 Å². The Bertz CT molecular complexity index is 483. The molecule has 1 fully saturated rings. The van der Waals surface area contributed by atoms with E-state index >= 15 is 0 Å². The Morgan fingerprint density at radius 1 is 1.29 bits per heavy atom. The predicted octanol–water partition coefficient (Wildman–Crippen LogP) is 1.57. The molecule has 1 aliphatic heterocycles. The first-order valence-corrected chi connectivity index (χ1v) is 7.68. The van der Waals surface area contributed by atoms with Gasteiger partial charge >= 0.3 is 0 Å². The number of nitrogens with zero attached hydrogens (tertiary/aromatic N) is 3. The zero-order valence-electron chi connectivity index (χ0n) is 13.1. The average molecular weight is 291 g/mol. The highest BCUT2D eigenvalue weighted by molar-refractivity contribution is 5.77. The summed E-state index contributed by atoms with van der Waals surface area (Å²) >= 11 is 0. The molecular formula is C15H25N5O. The molecule has 0 aromatic carbocycles. The second-order valence-corrected chi connectivity index (χ2v) is 5.76. The number of carbonyl (C=O) groups is 1. The van der Waals surface area contributed by atoms with Crippen LogP contribution in [0.1, 0.15) is 32.4 Å². The molecule has 0 aliphatic carbocycles. The first-order valence-electron chi connectivity index (χ1n) is 7.68. The molecule has 1 aliphatic rings. The number of aromatic nitrogens is 2. The number of amides is 1. The molecule has 1 amide bonds. The summed E-state index contributed by atoms with van der Waals surface area (Å²) in [6.45, 7) is 9.09. The van der Waals surface area contributed by atoms with Crippen LogP contribution in [0.25, 0.3) is 0 Å². The van der Waals surface area contributed by atoms with E-state index < -0.39 is 0 Å². The van der Waals surface area contributed by atoms with Gasteiger partial charge in [0.1, 0.15) is 5.82 Å². The monoisotopic (exact) mass is 291 g/mol. The van der Waals surface area contributed by atoms with Crippen LogP contribution in [0.2, 0.25) is 0 Å². The van der Waals surface area contributed by atoms with Crippen LogP contribution in [0.4, 0.5) is 11.8 Å². The number of carbonyl (C=O) groups excluding carboxylic acids is 1. The number of hydrogen-bond acceptors (Lipinski definition) is 5. The van der Waals surface area contributed by atoms with E-state index in [-0.39, 0.29) is 11.8 Å². The largest absolute Gasteiger partial charge is 0.356 e. The molecule has 116 valence electrons. The summed E-state index contributed by atoms with van der Waals surface area (Å²) in [5, 5.41) is 6.05. The lowest BCUT2D eigenvalue weighted by atomic mass is 10.2. The third kappa shape index (κ3) is 4.58. The van der Waals surface area contributed by atoms with Crippen LogP contribution in [0.5, 0.6) is 0 Å². The summed E-state index contributed by atoms with van der Waals surface area (Å²) in [4.78, 5) is 22.7. The third-order valence-corrected chi connectivity index (χ3v) is 3.50. The minimum Gasteiger partial charge on any atom is -0.356 e. The van der Waals surface area contributed by atoms with Crippen molar-refractivity contribution in [3.05, 3.63) is 11.8 Å². The summed E-state index contributed by atoms with van der Waals surface area (Å²) in [5.41, 5.74) is 0.959. The Morgan fingerprint density at radius 3 is 2.67 bits per heavy atom. The molecule has 1 aromatic heterocycles. The van der Waals surface area contributed by atoms with Crippen molar-refractivity contribution in [3.8, 4) is 0 Å². The molecule has 1 aromatic rings. The number of hydrogen-bond donors (Lipinski definition) is 2. The number of rotatable bonds is 6. The standard InChI is InChI=1S/C15H25N5O/c1-11(2)14(21)16-6-7-17-15-18-12(3)10-13(19-15)20-8-4-5-9-20/h10-11H,4-9H2,1-3H3,(H,16,21)(H,17,18,19). The average Bonchev–Trinajstić information content (AvgIpc) is 2.96. The van der Waals surface area contributed by atoms with E-state index in [0.717, 1.165) is 24.6 Å². The summed E-state index contributed by atoms with van der Waals surface area (Å²) in [6, 6.07) is 2.02. The highest BCUT2D eigenvalue weighted by Crippen LogP contribution is 2.19. The van der Waals surface area contributed by atoms with Gasteiger partial charge in [-0.15, -0.1) is 0 Å². The molecule has 0 saturated carbocycles. The third-order valence-electron chi connectivity index (χ3n) is 3.50. The van der Waals surface area contributed by atoms with Gasteiger partial charge in [0.25, 0.3) is 0 Å². The van der Waals surface area contributed by atoms with Crippen molar-refractivity contribution in [2.75, 3.05) is 36.4 Å². The van der Waals surface area contributed by atoms with Crippen molar-refractivity contribution in [1.29, 1.82) is 0 Å². The SMILES string of the molecule is Cc1cc(N2CCCC2)nc(NCCNC(=O)C(C)C)n1. The summed E-state index contributed by atoms with van der Waals surface area (Å²) in [6.07, 6.45) is 2.46. The maximum Gasteiger partial charge on any atom is 0.224 e. The van der Waals surface area contributed by atoms with E-state index in [2.05, 4.69) is 25.5 Å². The van der Waals surface area contributed by atoms with E-state index in [1.807, 2.05) is 26.8 Å². The molecule has 0 atom stereocenters. The van der Waals surface area contributed by atoms with Crippen molar-refractivity contribution in [2.45, 2.75) is 33.6 Å². The fraction of sp³-hybridized carbons (Fsp3) is 0.667. The molecule has 0 bridgehead atoms.